The highest BCUT2D eigenvalue weighted by molar-refractivity contribution is 7.99. The molecule has 78 valence electrons. The summed E-state index contributed by atoms with van der Waals surface area (Å²) in [6.07, 6.45) is 1.64. The Morgan fingerprint density at radius 3 is 3.20 bits per heavy atom. The zero-order chi connectivity index (χ0) is 10.7. The molecule has 0 aliphatic heterocycles. The number of aliphatic carboxylic acids is 1. The lowest BCUT2D eigenvalue weighted by Crippen LogP contribution is -1.97. The summed E-state index contributed by atoms with van der Waals surface area (Å²) in [6.45, 7) is 0. The minimum atomic E-state index is -0.798. The van der Waals surface area contributed by atoms with Crippen LogP contribution in [0, 0.1) is 0 Å². The fourth-order valence-electron chi connectivity index (χ4n) is 1.03. The van der Waals surface area contributed by atoms with Crippen molar-refractivity contribution in [3.63, 3.8) is 0 Å². The summed E-state index contributed by atoms with van der Waals surface area (Å²) in [5.41, 5.74) is 0.678. The first-order valence-corrected chi connectivity index (χ1v) is 5.26. The quantitative estimate of drug-likeness (QED) is 0.769. The summed E-state index contributed by atoms with van der Waals surface area (Å²) in [4.78, 5) is 10.3. The molecule has 0 spiro atoms. The lowest BCUT2D eigenvalue weighted by Gasteiger charge is -1.98. The summed E-state index contributed by atoms with van der Waals surface area (Å²) >= 11 is 1.40. The van der Waals surface area contributed by atoms with Gasteiger partial charge in [-0.05, 0) is 12.1 Å². The number of hydrogen-bond donors (Lipinski definition) is 1. The Morgan fingerprint density at radius 1 is 1.53 bits per heavy atom. The van der Waals surface area contributed by atoms with Crippen molar-refractivity contribution in [2.75, 3.05) is 5.75 Å². The minimum absolute atomic E-state index is 0.132. The standard InChI is InChI=1S/C8H8N4O2S/c13-8(14)3-4-15-7-2-1-6-10-9-5-12(6)11-7/h1-2,5H,3-4H2,(H,13,14). The SMILES string of the molecule is O=C(O)CCSc1ccc2nncn2n1. The topological polar surface area (TPSA) is 80.4 Å². The number of carboxylic acids is 1. The van der Waals surface area contributed by atoms with Crippen LogP contribution in [-0.2, 0) is 4.79 Å². The van der Waals surface area contributed by atoms with Crippen LogP contribution in [0.15, 0.2) is 23.5 Å². The van der Waals surface area contributed by atoms with E-state index in [1.807, 2.05) is 0 Å². The molecular weight excluding hydrogens is 216 g/mol. The highest BCUT2D eigenvalue weighted by Gasteiger charge is 2.02. The third-order valence-corrected chi connectivity index (χ3v) is 2.62. The highest BCUT2D eigenvalue weighted by Crippen LogP contribution is 2.15. The number of fused-ring (bicyclic) bond motifs is 1. The van der Waals surface area contributed by atoms with Crippen LogP contribution in [0.3, 0.4) is 0 Å². The molecule has 0 fully saturated rings. The maximum atomic E-state index is 10.3. The second-order valence-corrected chi connectivity index (χ2v) is 3.91. The maximum absolute atomic E-state index is 10.3. The van der Waals surface area contributed by atoms with Gasteiger partial charge in [0.15, 0.2) is 5.65 Å². The summed E-state index contributed by atoms with van der Waals surface area (Å²) in [5, 5.41) is 20.9. The van der Waals surface area contributed by atoms with Gasteiger partial charge in [0.25, 0.3) is 0 Å². The van der Waals surface area contributed by atoms with E-state index in [1.165, 1.54) is 18.1 Å². The van der Waals surface area contributed by atoms with Gasteiger partial charge in [0.2, 0.25) is 0 Å². The van der Waals surface area contributed by atoms with Crippen LogP contribution in [0.2, 0.25) is 0 Å². The molecule has 1 N–H and O–H groups in total. The lowest BCUT2D eigenvalue weighted by atomic mass is 10.5. The first-order valence-electron chi connectivity index (χ1n) is 4.27. The van der Waals surface area contributed by atoms with E-state index >= 15 is 0 Å². The van der Waals surface area contributed by atoms with Crippen molar-refractivity contribution in [1.82, 2.24) is 19.8 Å². The van der Waals surface area contributed by atoms with Gasteiger partial charge in [-0.3, -0.25) is 4.79 Å². The Hall–Kier alpha value is -1.63. The van der Waals surface area contributed by atoms with Crippen LogP contribution in [-0.4, -0.2) is 36.6 Å². The van der Waals surface area contributed by atoms with E-state index in [-0.39, 0.29) is 6.42 Å². The molecule has 2 aromatic rings. The van der Waals surface area contributed by atoms with Crippen LogP contribution in [0.25, 0.3) is 5.65 Å². The molecular formula is C8H8N4O2S. The van der Waals surface area contributed by atoms with Crippen LogP contribution >= 0.6 is 11.8 Å². The number of hydrogen-bond acceptors (Lipinski definition) is 5. The van der Waals surface area contributed by atoms with Crippen molar-refractivity contribution in [1.29, 1.82) is 0 Å². The van der Waals surface area contributed by atoms with Gasteiger partial charge in [-0.2, -0.15) is 9.61 Å². The number of rotatable bonds is 4. The van der Waals surface area contributed by atoms with Crippen molar-refractivity contribution < 1.29 is 9.90 Å². The molecule has 2 aromatic heterocycles. The average Bonchev–Trinajstić information content (AvgIpc) is 2.64. The van der Waals surface area contributed by atoms with E-state index in [4.69, 9.17) is 5.11 Å². The van der Waals surface area contributed by atoms with E-state index in [0.717, 1.165) is 5.03 Å². The van der Waals surface area contributed by atoms with Crippen molar-refractivity contribution in [2.45, 2.75) is 11.4 Å². The lowest BCUT2D eigenvalue weighted by molar-refractivity contribution is -0.136. The van der Waals surface area contributed by atoms with Gasteiger partial charge in [0, 0.05) is 5.75 Å². The predicted octanol–water partition coefficient (Wildman–Crippen LogP) is 0.691. The van der Waals surface area contributed by atoms with Crippen LogP contribution < -0.4 is 0 Å². The number of carboxylic acid groups (broad SMARTS) is 1. The maximum Gasteiger partial charge on any atom is 0.304 e. The number of nitrogens with zero attached hydrogens (tertiary/aromatic N) is 4. The molecule has 0 unspecified atom stereocenters. The molecule has 0 aliphatic rings. The Labute approximate surface area is 89.3 Å². The molecule has 0 atom stereocenters. The Morgan fingerprint density at radius 2 is 2.40 bits per heavy atom. The van der Waals surface area contributed by atoms with Gasteiger partial charge in [-0.15, -0.1) is 22.0 Å². The van der Waals surface area contributed by atoms with Crippen molar-refractivity contribution in [3.05, 3.63) is 18.5 Å². The average molecular weight is 224 g/mol. The molecule has 0 aromatic carbocycles. The second kappa shape index (κ2) is 4.26. The van der Waals surface area contributed by atoms with Crippen LogP contribution in [0.4, 0.5) is 0 Å². The fraction of sp³-hybridized carbons (Fsp3) is 0.250. The predicted molar refractivity (Wildman–Crippen MR) is 53.8 cm³/mol. The molecule has 6 nitrogen and oxygen atoms in total. The summed E-state index contributed by atoms with van der Waals surface area (Å²) in [6, 6.07) is 3.60. The molecule has 2 rings (SSSR count). The third-order valence-electron chi connectivity index (χ3n) is 1.70. The molecule has 0 amide bonds. The minimum Gasteiger partial charge on any atom is -0.481 e. The summed E-state index contributed by atoms with van der Waals surface area (Å²) in [5.74, 6) is -0.288. The highest BCUT2D eigenvalue weighted by atomic mass is 32.2. The number of thioether (sulfide) groups is 1. The number of carbonyl (C=O) groups is 1. The molecule has 7 heteroatoms. The van der Waals surface area contributed by atoms with Gasteiger partial charge >= 0.3 is 5.97 Å². The molecule has 0 aliphatic carbocycles. The molecule has 0 radical (unpaired) electrons. The molecule has 0 bridgehead atoms. The summed E-state index contributed by atoms with van der Waals surface area (Å²) < 4.78 is 1.56. The van der Waals surface area contributed by atoms with Gasteiger partial charge in [-0.25, -0.2) is 0 Å². The van der Waals surface area contributed by atoms with Gasteiger partial charge in [-0.1, -0.05) is 0 Å². The fourth-order valence-corrected chi connectivity index (χ4v) is 1.83. The Balaban J connectivity index is 2.04. The number of aromatic nitrogens is 4. The summed E-state index contributed by atoms with van der Waals surface area (Å²) in [7, 11) is 0. The zero-order valence-electron chi connectivity index (χ0n) is 7.70. The first kappa shape index (κ1) is 9.91. The van der Waals surface area contributed by atoms with Gasteiger partial charge in [0.1, 0.15) is 11.4 Å². The molecule has 0 saturated heterocycles. The van der Waals surface area contributed by atoms with Gasteiger partial charge < -0.3 is 5.11 Å². The van der Waals surface area contributed by atoms with Crippen LogP contribution in [0.1, 0.15) is 6.42 Å². The van der Waals surface area contributed by atoms with E-state index in [2.05, 4.69) is 15.3 Å². The third kappa shape index (κ3) is 2.44. The zero-order valence-corrected chi connectivity index (χ0v) is 8.52. The molecule has 15 heavy (non-hydrogen) atoms. The van der Waals surface area contributed by atoms with Crippen molar-refractivity contribution in [2.24, 2.45) is 0 Å². The smallest absolute Gasteiger partial charge is 0.304 e. The van der Waals surface area contributed by atoms with E-state index < -0.39 is 5.97 Å². The Kier molecular flexibility index (Phi) is 2.82. The van der Waals surface area contributed by atoms with E-state index in [9.17, 15) is 4.79 Å². The van der Waals surface area contributed by atoms with Crippen molar-refractivity contribution >= 4 is 23.4 Å². The van der Waals surface area contributed by atoms with Crippen molar-refractivity contribution in [3.8, 4) is 0 Å². The van der Waals surface area contributed by atoms with E-state index in [0.29, 0.717) is 11.4 Å². The Bertz CT molecular complexity index is 484. The molecule has 2 heterocycles. The van der Waals surface area contributed by atoms with Crippen LogP contribution in [0.5, 0.6) is 0 Å². The van der Waals surface area contributed by atoms with Gasteiger partial charge in [0.05, 0.1) is 6.42 Å². The molecule has 0 saturated carbocycles. The second-order valence-electron chi connectivity index (χ2n) is 2.80. The largest absolute Gasteiger partial charge is 0.481 e. The normalized spacial score (nSPS) is 10.7. The van der Waals surface area contributed by atoms with E-state index in [1.54, 1.807) is 16.6 Å². The monoisotopic (exact) mass is 224 g/mol. The first-order chi connectivity index (χ1) is 7.25.